The van der Waals surface area contributed by atoms with Crippen molar-refractivity contribution in [1.82, 2.24) is 16.0 Å². The third-order valence-corrected chi connectivity index (χ3v) is 3.70. The number of carbonyl (C=O) groups is 2. The summed E-state index contributed by atoms with van der Waals surface area (Å²) in [7, 11) is 0. The van der Waals surface area contributed by atoms with E-state index in [9.17, 15) is 9.59 Å². The quantitative estimate of drug-likeness (QED) is 0.754. The molecule has 1 fully saturated rings. The van der Waals surface area contributed by atoms with Crippen LogP contribution < -0.4 is 20.7 Å². The average molecular weight is 325 g/mol. The zero-order valence-electron chi connectivity index (χ0n) is 13.1. The first-order valence-corrected chi connectivity index (χ1v) is 7.78. The summed E-state index contributed by atoms with van der Waals surface area (Å²) in [5.74, 6) is 0.625. The van der Waals surface area contributed by atoms with Crippen molar-refractivity contribution in [2.45, 2.75) is 19.2 Å². The van der Waals surface area contributed by atoms with Gasteiger partial charge in [0.15, 0.2) is 0 Å². The highest BCUT2D eigenvalue weighted by atomic mass is 16.5. The molecular formula is C18H19N3O3. The Bertz CT molecular complexity index is 718. The second-order valence-corrected chi connectivity index (χ2v) is 5.55. The molecule has 24 heavy (non-hydrogen) atoms. The maximum Gasteiger partial charge on any atom is 0.315 e. The van der Waals surface area contributed by atoms with Gasteiger partial charge in [0, 0.05) is 13.1 Å². The topological polar surface area (TPSA) is 79.5 Å². The molecule has 0 spiro atoms. The van der Waals surface area contributed by atoms with Gasteiger partial charge in [-0.25, -0.2) is 4.79 Å². The molecule has 1 aliphatic heterocycles. The van der Waals surface area contributed by atoms with E-state index in [1.54, 1.807) is 0 Å². The third kappa shape index (κ3) is 4.25. The van der Waals surface area contributed by atoms with E-state index in [-0.39, 0.29) is 11.9 Å². The molecule has 2 aromatic carbocycles. The van der Waals surface area contributed by atoms with E-state index in [1.807, 2.05) is 54.6 Å². The van der Waals surface area contributed by atoms with Crippen LogP contribution in [0.2, 0.25) is 0 Å². The highest BCUT2D eigenvalue weighted by Crippen LogP contribution is 2.12. The Morgan fingerprint density at radius 1 is 1.12 bits per heavy atom. The Labute approximate surface area is 140 Å². The minimum atomic E-state index is -0.512. The number of amides is 3. The zero-order valence-corrected chi connectivity index (χ0v) is 13.1. The highest BCUT2D eigenvalue weighted by Gasteiger charge is 2.26. The van der Waals surface area contributed by atoms with E-state index in [4.69, 9.17) is 4.74 Å². The van der Waals surface area contributed by atoms with Crippen molar-refractivity contribution in [3.05, 3.63) is 65.7 Å². The number of urea groups is 1. The lowest BCUT2D eigenvalue weighted by atomic mass is 10.1. The van der Waals surface area contributed by atoms with E-state index in [2.05, 4.69) is 16.0 Å². The molecular weight excluding hydrogens is 306 g/mol. The number of carbonyl (C=O) groups excluding carboxylic acids is 2. The molecule has 3 rings (SSSR count). The van der Waals surface area contributed by atoms with Gasteiger partial charge in [0.05, 0.1) is 0 Å². The number of hydrogen-bond donors (Lipinski definition) is 3. The summed E-state index contributed by atoms with van der Waals surface area (Å²) in [4.78, 5) is 23.0. The van der Waals surface area contributed by atoms with Crippen molar-refractivity contribution in [3.63, 3.8) is 0 Å². The van der Waals surface area contributed by atoms with Gasteiger partial charge in [0.1, 0.15) is 18.4 Å². The van der Waals surface area contributed by atoms with Crippen LogP contribution in [0.3, 0.4) is 0 Å². The smallest absolute Gasteiger partial charge is 0.315 e. The summed E-state index contributed by atoms with van der Waals surface area (Å²) < 4.78 is 5.72. The fourth-order valence-corrected chi connectivity index (χ4v) is 2.44. The molecule has 124 valence electrons. The van der Waals surface area contributed by atoms with Gasteiger partial charge in [-0.2, -0.15) is 0 Å². The van der Waals surface area contributed by atoms with Crippen LogP contribution in [0.15, 0.2) is 54.6 Å². The molecule has 0 aromatic heterocycles. The molecule has 1 atom stereocenters. The van der Waals surface area contributed by atoms with Crippen molar-refractivity contribution in [1.29, 1.82) is 0 Å². The van der Waals surface area contributed by atoms with Crippen LogP contribution in [0.5, 0.6) is 5.75 Å². The maximum atomic E-state index is 12.0. The predicted octanol–water partition coefficient (Wildman–Crippen LogP) is 1.56. The Morgan fingerprint density at radius 3 is 2.67 bits per heavy atom. The minimum Gasteiger partial charge on any atom is -0.489 e. The molecule has 1 aliphatic rings. The molecule has 6 nitrogen and oxygen atoms in total. The fraction of sp³-hybridized carbons (Fsp3) is 0.222. The van der Waals surface area contributed by atoms with Gasteiger partial charge in [-0.05, 0) is 23.3 Å². The Hall–Kier alpha value is -3.02. The van der Waals surface area contributed by atoms with Gasteiger partial charge in [0.25, 0.3) is 0 Å². The Morgan fingerprint density at radius 2 is 1.92 bits per heavy atom. The van der Waals surface area contributed by atoms with Crippen LogP contribution in [0.25, 0.3) is 0 Å². The van der Waals surface area contributed by atoms with E-state index in [0.29, 0.717) is 19.7 Å². The molecule has 1 heterocycles. The number of benzene rings is 2. The number of hydrogen-bond acceptors (Lipinski definition) is 3. The molecule has 3 N–H and O–H groups in total. The first kappa shape index (κ1) is 15.9. The van der Waals surface area contributed by atoms with Gasteiger partial charge in [-0.15, -0.1) is 0 Å². The number of para-hydroxylation sites is 1. The lowest BCUT2D eigenvalue weighted by molar-refractivity contribution is -0.122. The average Bonchev–Trinajstić information content (AvgIpc) is 3.06. The Balaban J connectivity index is 1.51. The summed E-state index contributed by atoms with van der Waals surface area (Å²) in [5, 5.41) is 7.95. The summed E-state index contributed by atoms with van der Waals surface area (Å²) in [6, 6.07) is 16.7. The monoisotopic (exact) mass is 325 g/mol. The van der Waals surface area contributed by atoms with Gasteiger partial charge >= 0.3 is 6.03 Å². The maximum absolute atomic E-state index is 12.0. The lowest BCUT2D eigenvalue weighted by Crippen LogP contribution is -2.42. The SMILES string of the molecule is O=C1NCC(C(=O)NCc2cccc(COc3ccccc3)c2)N1. The minimum absolute atomic E-state index is 0.195. The molecule has 6 heteroatoms. The summed E-state index contributed by atoms with van der Waals surface area (Å²) in [5.41, 5.74) is 2.01. The van der Waals surface area contributed by atoms with Crippen molar-refractivity contribution < 1.29 is 14.3 Å². The van der Waals surface area contributed by atoms with Crippen LogP contribution in [-0.2, 0) is 17.9 Å². The lowest BCUT2D eigenvalue weighted by Gasteiger charge is -2.11. The van der Waals surface area contributed by atoms with Crippen molar-refractivity contribution in [3.8, 4) is 5.75 Å². The summed E-state index contributed by atoms with van der Waals surface area (Å²) >= 11 is 0. The van der Waals surface area contributed by atoms with Crippen LogP contribution >= 0.6 is 0 Å². The van der Waals surface area contributed by atoms with Gasteiger partial charge < -0.3 is 20.7 Å². The van der Waals surface area contributed by atoms with E-state index < -0.39 is 6.04 Å². The molecule has 0 bridgehead atoms. The summed E-state index contributed by atoms with van der Waals surface area (Å²) in [6.07, 6.45) is 0. The third-order valence-electron chi connectivity index (χ3n) is 3.70. The standard InChI is InChI=1S/C18H19N3O3/c22-17(16-11-20-18(23)21-16)19-10-13-5-4-6-14(9-13)12-24-15-7-2-1-3-8-15/h1-9,16H,10-12H2,(H,19,22)(H2,20,21,23). The molecule has 1 saturated heterocycles. The van der Waals surface area contributed by atoms with Crippen LogP contribution in [-0.4, -0.2) is 24.5 Å². The fourth-order valence-electron chi connectivity index (χ4n) is 2.44. The zero-order chi connectivity index (χ0) is 16.8. The van der Waals surface area contributed by atoms with E-state index in [1.165, 1.54) is 0 Å². The van der Waals surface area contributed by atoms with E-state index in [0.717, 1.165) is 16.9 Å². The normalized spacial score (nSPS) is 16.2. The number of nitrogens with one attached hydrogen (secondary N) is 3. The molecule has 0 saturated carbocycles. The van der Waals surface area contributed by atoms with Gasteiger partial charge in [-0.3, -0.25) is 4.79 Å². The van der Waals surface area contributed by atoms with Crippen molar-refractivity contribution >= 4 is 11.9 Å². The molecule has 0 aliphatic carbocycles. The van der Waals surface area contributed by atoms with Crippen LogP contribution in [0.4, 0.5) is 4.79 Å². The Kier molecular flexibility index (Phi) is 4.96. The van der Waals surface area contributed by atoms with Crippen LogP contribution in [0.1, 0.15) is 11.1 Å². The predicted molar refractivity (Wildman–Crippen MR) is 89.4 cm³/mol. The first-order chi connectivity index (χ1) is 11.7. The second kappa shape index (κ2) is 7.50. The van der Waals surface area contributed by atoms with Gasteiger partial charge in [-0.1, -0.05) is 42.5 Å². The molecule has 1 unspecified atom stereocenters. The summed E-state index contributed by atoms with van der Waals surface area (Å²) in [6.45, 7) is 1.19. The first-order valence-electron chi connectivity index (χ1n) is 7.78. The van der Waals surface area contributed by atoms with Crippen molar-refractivity contribution in [2.24, 2.45) is 0 Å². The number of rotatable bonds is 6. The van der Waals surface area contributed by atoms with Crippen LogP contribution in [0, 0.1) is 0 Å². The largest absolute Gasteiger partial charge is 0.489 e. The van der Waals surface area contributed by atoms with Crippen molar-refractivity contribution in [2.75, 3.05) is 6.54 Å². The number of ether oxygens (including phenoxy) is 1. The van der Waals surface area contributed by atoms with Gasteiger partial charge in [0.2, 0.25) is 5.91 Å². The molecule has 2 aromatic rings. The van der Waals surface area contributed by atoms with E-state index >= 15 is 0 Å². The highest BCUT2D eigenvalue weighted by molar-refractivity contribution is 5.90. The molecule has 0 radical (unpaired) electrons. The second-order valence-electron chi connectivity index (χ2n) is 5.55. The molecule has 3 amide bonds.